The molecule has 0 aromatic heterocycles. The molecule has 0 atom stereocenters. The second-order valence-electron chi connectivity index (χ2n) is 6.38. The molecule has 1 aromatic carbocycles. The smallest absolute Gasteiger partial charge is 0.242 e. The highest BCUT2D eigenvalue weighted by atomic mass is 16.2. The van der Waals surface area contributed by atoms with Gasteiger partial charge < -0.3 is 10.2 Å². The van der Waals surface area contributed by atoms with Crippen molar-refractivity contribution in [1.29, 1.82) is 0 Å². The summed E-state index contributed by atoms with van der Waals surface area (Å²) in [5.41, 5.74) is 1.41. The Morgan fingerprint density at radius 2 is 2.05 bits per heavy atom. The first-order valence-electron chi connectivity index (χ1n) is 8.37. The van der Waals surface area contributed by atoms with Gasteiger partial charge >= 0.3 is 0 Å². The van der Waals surface area contributed by atoms with Gasteiger partial charge in [0.15, 0.2) is 0 Å². The molecular formula is C18H24N2O2. The zero-order valence-corrected chi connectivity index (χ0v) is 13.2. The van der Waals surface area contributed by atoms with Gasteiger partial charge in [-0.1, -0.05) is 31.5 Å². The van der Waals surface area contributed by atoms with Crippen LogP contribution in [0.1, 0.15) is 44.6 Å². The minimum atomic E-state index is -0.793. The standard InChI is InChI=1S/C18H24N2O2/c1-2-3-12-19-16(21)18(10-11-18)17(22)20-13-6-8-14-7-4-5-9-15(14)20/h4-5,7,9H,2-3,6,8,10-13H2,1H3,(H,19,21). The van der Waals surface area contributed by atoms with Crippen molar-refractivity contribution < 1.29 is 9.59 Å². The van der Waals surface area contributed by atoms with Gasteiger partial charge in [-0.15, -0.1) is 0 Å². The molecule has 1 heterocycles. The molecule has 1 aliphatic heterocycles. The lowest BCUT2D eigenvalue weighted by Crippen LogP contribution is -2.47. The number of carbonyl (C=O) groups is 2. The van der Waals surface area contributed by atoms with Crippen LogP contribution in [-0.4, -0.2) is 24.9 Å². The topological polar surface area (TPSA) is 49.4 Å². The Bertz CT molecular complexity index is 578. The molecule has 1 fully saturated rings. The van der Waals surface area contributed by atoms with Crippen LogP contribution in [-0.2, 0) is 16.0 Å². The average Bonchev–Trinajstić information content (AvgIpc) is 3.35. The summed E-state index contributed by atoms with van der Waals surface area (Å²) in [6, 6.07) is 8.05. The van der Waals surface area contributed by atoms with E-state index in [1.807, 2.05) is 23.1 Å². The molecule has 0 spiro atoms. The summed E-state index contributed by atoms with van der Waals surface area (Å²) >= 11 is 0. The van der Waals surface area contributed by atoms with Crippen LogP contribution in [0, 0.1) is 5.41 Å². The van der Waals surface area contributed by atoms with E-state index in [1.165, 1.54) is 5.56 Å². The van der Waals surface area contributed by atoms with E-state index in [-0.39, 0.29) is 11.8 Å². The van der Waals surface area contributed by atoms with Crippen LogP contribution in [0.25, 0.3) is 0 Å². The second-order valence-corrected chi connectivity index (χ2v) is 6.38. The third kappa shape index (κ3) is 2.62. The van der Waals surface area contributed by atoms with Crippen molar-refractivity contribution >= 4 is 17.5 Å². The van der Waals surface area contributed by atoms with Crippen molar-refractivity contribution in [3.8, 4) is 0 Å². The van der Waals surface area contributed by atoms with Crippen LogP contribution in [0.4, 0.5) is 5.69 Å². The Morgan fingerprint density at radius 1 is 1.27 bits per heavy atom. The van der Waals surface area contributed by atoms with Crippen LogP contribution in [0.15, 0.2) is 24.3 Å². The average molecular weight is 300 g/mol. The van der Waals surface area contributed by atoms with E-state index < -0.39 is 5.41 Å². The zero-order valence-electron chi connectivity index (χ0n) is 13.2. The highest BCUT2D eigenvalue weighted by molar-refractivity contribution is 6.14. The molecule has 118 valence electrons. The van der Waals surface area contributed by atoms with Crippen molar-refractivity contribution in [2.45, 2.75) is 45.4 Å². The van der Waals surface area contributed by atoms with E-state index in [0.717, 1.165) is 37.9 Å². The Kier molecular flexibility index (Phi) is 4.19. The van der Waals surface area contributed by atoms with Gasteiger partial charge in [-0.25, -0.2) is 0 Å². The molecule has 0 saturated heterocycles. The number of anilines is 1. The summed E-state index contributed by atoms with van der Waals surface area (Å²) in [4.78, 5) is 27.3. The molecule has 1 saturated carbocycles. The Hall–Kier alpha value is -1.84. The third-order valence-electron chi connectivity index (χ3n) is 4.77. The van der Waals surface area contributed by atoms with Gasteiger partial charge in [-0.05, 0) is 43.7 Å². The van der Waals surface area contributed by atoms with Gasteiger partial charge in [-0.3, -0.25) is 9.59 Å². The monoisotopic (exact) mass is 300 g/mol. The normalized spacial score (nSPS) is 18.5. The minimum absolute atomic E-state index is 0.00588. The number of aryl methyl sites for hydroxylation is 1. The van der Waals surface area contributed by atoms with E-state index in [1.54, 1.807) is 0 Å². The first-order valence-corrected chi connectivity index (χ1v) is 8.37. The second kappa shape index (κ2) is 6.11. The minimum Gasteiger partial charge on any atom is -0.355 e. The summed E-state index contributed by atoms with van der Waals surface area (Å²) in [6.45, 7) is 3.48. The first kappa shape index (κ1) is 15.1. The lowest BCUT2D eigenvalue weighted by atomic mass is 9.97. The largest absolute Gasteiger partial charge is 0.355 e. The fourth-order valence-electron chi connectivity index (χ4n) is 3.21. The van der Waals surface area contributed by atoms with Gasteiger partial charge in [0.2, 0.25) is 11.8 Å². The van der Waals surface area contributed by atoms with Crippen molar-refractivity contribution in [2.75, 3.05) is 18.0 Å². The maximum absolute atomic E-state index is 13.0. The molecule has 22 heavy (non-hydrogen) atoms. The molecule has 0 radical (unpaired) electrons. The summed E-state index contributed by atoms with van der Waals surface area (Å²) < 4.78 is 0. The quantitative estimate of drug-likeness (QED) is 0.671. The SMILES string of the molecule is CCCCNC(=O)C1(C(=O)N2CCCc3ccccc32)CC1. The molecule has 1 aromatic rings. The van der Waals surface area contributed by atoms with E-state index in [0.29, 0.717) is 19.4 Å². The van der Waals surface area contributed by atoms with E-state index >= 15 is 0 Å². The first-order chi connectivity index (χ1) is 10.7. The number of para-hydroxylation sites is 1. The predicted molar refractivity (Wildman–Crippen MR) is 86.7 cm³/mol. The van der Waals surface area contributed by atoms with Crippen molar-refractivity contribution in [1.82, 2.24) is 5.32 Å². The summed E-state index contributed by atoms with van der Waals surface area (Å²) in [5, 5.41) is 2.94. The number of nitrogens with zero attached hydrogens (tertiary/aromatic N) is 1. The molecule has 4 heteroatoms. The Balaban J connectivity index is 1.76. The molecule has 2 amide bonds. The van der Waals surface area contributed by atoms with Crippen molar-refractivity contribution in [2.24, 2.45) is 5.41 Å². The summed E-state index contributed by atoms with van der Waals surface area (Å²) in [6.07, 6.45) is 5.35. The van der Waals surface area contributed by atoms with Crippen LogP contribution < -0.4 is 10.2 Å². The lowest BCUT2D eigenvalue weighted by molar-refractivity contribution is -0.135. The number of amides is 2. The highest BCUT2D eigenvalue weighted by Gasteiger charge is 2.58. The van der Waals surface area contributed by atoms with E-state index in [2.05, 4.69) is 18.3 Å². The van der Waals surface area contributed by atoms with E-state index in [9.17, 15) is 9.59 Å². The number of hydrogen-bond donors (Lipinski definition) is 1. The Labute approximate surface area is 131 Å². The van der Waals surface area contributed by atoms with Crippen molar-refractivity contribution in [3.63, 3.8) is 0 Å². The molecule has 0 unspecified atom stereocenters. The zero-order chi connectivity index (χ0) is 15.6. The molecule has 4 nitrogen and oxygen atoms in total. The summed E-state index contributed by atoms with van der Waals surface area (Å²) in [7, 11) is 0. The van der Waals surface area contributed by atoms with Crippen LogP contribution in [0.5, 0.6) is 0 Å². The number of carbonyl (C=O) groups excluding carboxylic acids is 2. The van der Waals surface area contributed by atoms with Gasteiger partial charge in [0.1, 0.15) is 5.41 Å². The fraction of sp³-hybridized carbons (Fsp3) is 0.556. The molecule has 1 N–H and O–H groups in total. The maximum Gasteiger partial charge on any atom is 0.242 e. The van der Waals surface area contributed by atoms with Crippen LogP contribution >= 0.6 is 0 Å². The van der Waals surface area contributed by atoms with Gasteiger partial charge in [-0.2, -0.15) is 0 Å². The summed E-state index contributed by atoms with van der Waals surface area (Å²) in [5.74, 6) is -0.0809. The predicted octanol–water partition coefficient (Wildman–Crippen LogP) is 2.66. The number of fused-ring (bicyclic) bond motifs is 1. The Morgan fingerprint density at radius 3 is 2.77 bits per heavy atom. The molecule has 1 aliphatic carbocycles. The van der Waals surface area contributed by atoms with Gasteiger partial charge in [0, 0.05) is 18.8 Å². The van der Waals surface area contributed by atoms with Gasteiger partial charge in [0.05, 0.1) is 0 Å². The van der Waals surface area contributed by atoms with Crippen molar-refractivity contribution in [3.05, 3.63) is 29.8 Å². The number of rotatable bonds is 5. The lowest BCUT2D eigenvalue weighted by Gasteiger charge is -2.32. The van der Waals surface area contributed by atoms with Gasteiger partial charge in [0.25, 0.3) is 0 Å². The number of nitrogens with one attached hydrogen (secondary N) is 1. The van der Waals surface area contributed by atoms with E-state index in [4.69, 9.17) is 0 Å². The third-order valence-corrected chi connectivity index (χ3v) is 4.77. The highest BCUT2D eigenvalue weighted by Crippen LogP contribution is 2.48. The number of benzene rings is 1. The molecular weight excluding hydrogens is 276 g/mol. The maximum atomic E-state index is 13.0. The molecule has 0 bridgehead atoms. The molecule has 2 aliphatic rings. The van der Waals surface area contributed by atoms with Crippen LogP contribution in [0.2, 0.25) is 0 Å². The van der Waals surface area contributed by atoms with Crippen LogP contribution in [0.3, 0.4) is 0 Å². The fourth-order valence-corrected chi connectivity index (χ4v) is 3.21. The number of hydrogen-bond acceptors (Lipinski definition) is 2. The number of unbranched alkanes of at least 4 members (excludes halogenated alkanes) is 1. The molecule has 3 rings (SSSR count).